The number of nitrogens with one attached hydrogen (secondary N) is 1. The first-order chi connectivity index (χ1) is 10.5. The highest BCUT2D eigenvalue weighted by molar-refractivity contribution is 8.00. The molecular weight excluding hydrogens is 314 g/mol. The second-order valence-corrected chi connectivity index (χ2v) is 8.03. The molecule has 0 saturated carbocycles. The predicted molar refractivity (Wildman–Crippen MR) is 92.5 cm³/mol. The fourth-order valence-corrected chi connectivity index (χ4v) is 5.15. The number of hydrogen-bond donors (Lipinski definition) is 1. The van der Waals surface area contributed by atoms with Crippen LogP contribution in [0.15, 0.2) is 17.5 Å². The fourth-order valence-electron chi connectivity index (χ4n) is 2.85. The van der Waals surface area contributed by atoms with E-state index in [9.17, 15) is 4.79 Å². The lowest BCUT2D eigenvalue weighted by Crippen LogP contribution is -2.39. The van der Waals surface area contributed by atoms with Gasteiger partial charge >= 0.3 is 0 Å². The molecule has 0 unspecified atom stereocenters. The maximum absolute atomic E-state index is 12.6. The lowest BCUT2D eigenvalue weighted by molar-refractivity contribution is -0.121. The molecule has 4 nitrogen and oxygen atoms in total. The van der Waals surface area contributed by atoms with Crippen molar-refractivity contribution in [3.63, 3.8) is 0 Å². The first kappa shape index (κ1) is 15.6. The first-order valence-corrected chi connectivity index (χ1v) is 9.46. The minimum absolute atomic E-state index is 0.0575. The lowest BCUT2D eigenvalue weighted by Gasteiger charge is -2.23. The van der Waals surface area contributed by atoms with Gasteiger partial charge < -0.3 is 5.32 Å². The predicted octanol–water partition coefficient (Wildman–Crippen LogP) is 3.10. The third kappa shape index (κ3) is 3.22. The third-order valence-electron chi connectivity index (χ3n) is 3.85. The molecule has 2 aromatic rings. The molecule has 1 amide bonds. The number of fused-ring (bicyclic) bond motifs is 1. The highest BCUT2D eigenvalue weighted by atomic mass is 32.2. The smallest absolute Gasteiger partial charge is 0.237 e. The van der Waals surface area contributed by atoms with Crippen molar-refractivity contribution in [3.05, 3.63) is 39.3 Å². The van der Waals surface area contributed by atoms with Gasteiger partial charge in [-0.05, 0) is 56.0 Å². The Balaban J connectivity index is 1.64. The van der Waals surface area contributed by atoms with Gasteiger partial charge in [-0.15, -0.1) is 23.1 Å². The van der Waals surface area contributed by atoms with Crippen LogP contribution in [0.2, 0.25) is 0 Å². The summed E-state index contributed by atoms with van der Waals surface area (Å²) >= 11 is 3.51. The molecule has 0 fully saturated rings. The Bertz CT molecular complexity index is 677. The number of thiophene rings is 1. The monoisotopic (exact) mass is 335 g/mol. The molecule has 1 aliphatic heterocycles. The third-order valence-corrected chi connectivity index (χ3v) is 6.09. The summed E-state index contributed by atoms with van der Waals surface area (Å²) in [5.74, 6) is 1.15. The summed E-state index contributed by atoms with van der Waals surface area (Å²) in [5, 5.41) is 9.64. The lowest BCUT2D eigenvalue weighted by atomic mass is 10.1. The van der Waals surface area contributed by atoms with Gasteiger partial charge in [0.1, 0.15) is 5.25 Å². The van der Waals surface area contributed by atoms with Gasteiger partial charge in [-0.25, -0.2) is 0 Å². The molecule has 0 radical (unpaired) electrons. The van der Waals surface area contributed by atoms with Gasteiger partial charge in [-0.2, -0.15) is 5.10 Å². The van der Waals surface area contributed by atoms with E-state index in [1.165, 1.54) is 10.4 Å². The molecule has 0 spiro atoms. The van der Waals surface area contributed by atoms with Crippen LogP contribution in [-0.4, -0.2) is 27.5 Å². The minimum Gasteiger partial charge on any atom is -0.351 e. The number of aryl methyl sites for hydroxylation is 3. The van der Waals surface area contributed by atoms with E-state index in [1.807, 2.05) is 25.5 Å². The zero-order valence-corrected chi connectivity index (χ0v) is 14.8. The quantitative estimate of drug-likeness (QED) is 0.934. The Morgan fingerprint density at radius 3 is 3.09 bits per heavy atom. The molecule has 118 valence electrons. The number of nitrogens with zero attached hydrogens (tertiary/aromatic N) is 2. The van der Waals surface area contributed by atoms with Crippen LogP contribution in [0.3, 0.4) is 0 Å². The summed E-state index contributed by atoms with van der Waals surface area (Å²) in [6, 6.07) is 4.22. The normalized spacial score (nSPS) is 18.8. The zero-order chi connectivity index (χ0) is 15.7. The van der Waals surface area contributed by atoms with Crippen molar-refractivity contribution in [2.45, 2.75) is 45.0 Å². The van der Waals surface area contributed by atoms with Crippen LogP contribution >= 0.6 is 23.1 Å². The molecule has 3 heterocycles. The summed E-state index contributed by atoms with van der Waals surface area (Å²) in [7, 11) is 0. The number of amides is 1. The number of hydrogen-bond acceptors (Lipinski definition) is 4. The van der Waals surface area contributed by atoms with Crippen LogP contribution < -0.4 is 5.32 Å². The highest BCUT2D eigenvalue weighted by Crippen LogP contribution is 2.39. The summed E-state index contributed by atoms with van der Waals surface area (Å²) < 4.78 is 1.96. The van der Waals surface area contributed by atoms with Gasteiger partial charge in [-0.1, -0.05) is 0 Å². The molecule has 2 aromatic heterocycles. The van der Waals surface area contributed by atoms with Crippen molar-refractivity contribution in [1.29, 1.82) is 0 Å². The van der Waals surface area contributed by atoms with Gasteiger partial charge in [0, 0.05) is 16.6 Å². The summed E-state index contributed by atoms with van der Waals surface area (Å²) in [6.45, 7) is 6.78. The zero-order valence-electron chi connectivity index (χ0n) is 13.1. The second kappa shape index (κ2) is 6.46. The first-order valence-electron chi connectivity index (χ1n) is 7.54. The van der Waals surface area contributed by atoms with E-state index >= 15 is 0 Å². The second-order valence-electron chi connectivity index (χ2n) is 5.82. The van der Waals surface area contributed by atoms with Crippen molar-refractivity contribution in [3.8, 4) is 0 Å². The Morgan fingerprint density at radius 1 is 1.55 bits per heavy atom. The van der Waals surface area contributed by atoms with E-state index in [4.69, 9.17) is 0 Å². The molecule has 6 heteroatoms. The average Bonchev–Trinajstić information content (AvgIpc) is 3.05. The van der Waals surface area contributed by atoms with Crippen LogP contribution in [0.25, 0.3) is 0 Å². The number of carbonyl (C=O) groups is 1. The van der Waals surface area contributed by atoms with Gasteiger partial charge in [0.15, 0.2) is 0 Å². The van der Waals surface area contributed by atoms with Crippen molar-refractivity contribution in [2.24, 2.45) is 0 Å². The number of thioether (sulfide) groups is 1. The Labute approximate surface area is 139 Å². The van der Waals surface area contributed by atoms with Crippen molar-refractivity contribution >= 4 is 29.0 Å². The van der Waals surface area contributed by atoms with Gasteiger partial charge in [0.2, 0.25) is 5.91 Å². The molecule has 2 atom stereocenters. The van der Waals surface area contributed by atoms with Gasteiger partial charge in [0.25, 0.3) is 0 Å². The van der Waals surface area contributed by atoms with E-state index in [0.717, 1.165) is 23.6 Å². The standard InChI is InChI=1S/C16H21N3OS2/c1-10-8-12(3)19(18-10)9-11(2)17-16(20)15-13-4-6-21-14(13)5-7-22-15/h4,6,8,11,15H,5,7,9H2,1-3H3,(H,17,20)/t11-,15-/m0/s1. The van der Waals surface area contributed by atoms with Crippen LogP contribution in [0, 0.1) is 13.8 Å². The molecule has 22 heavy (non-hydrogen) atoms. The fraction of sp³-hybridized carbons (Fsp3) is 0.500. The minimum atomic E-state index is -0.0575. The Morgan fingerprint density at radius 2 is 2.36 bits per heavy atom. The molecule has 1 N–H and O–H groups in total. The SMILES string of the molecule is Cc1cc(C)n(C[C@H](C)NC(=O)[C@H]2SCCc3sccc32)n1. The van der Waals surface area contributed by atoms with E-state index in [-0.39, 0.29) is 17.2 Å². The molecule has 0 bridgehead atoms. The largest absolute Gasteiger partial charge is 0.351 e. The number of carbonyl (C=O) groups excluding carboxylic acids is 1. The van der Waals surface area contributed by atoms with Gasteiger partial charge in [-0.3, -0.25) is 9.48 Å². The van der Waals surface area contributed by atoms with Crippen LogP contribution in [0.5, 0.6) is 0 Å². The molecule has 3 rings (SSSR count). The summed E-state index contributed by atoms with van der Waals surface area (Å²) in [5.41, 5.74) is 3.35. The topological polar surface area (TPSA) is 46.9 Å². The molecule has 0 saturated heterocycles. The molecular formula is C16H21N3OS2. The van der Waals surface area contributed by atoms with E-state index in [2.05, 4.69) is 27.9 Å². The molecule has 0 aliphatic carbocycles. The van der Waals surface area contributed by atoms with Crippen molar-refractivity contribution in [2.75, 3.05) is 5.75 Å². The van der Waals surface area contributed by atoms with Gasteiger partial charge in [0.05, 0.1) is 12.2 Å². The van der Waals surface area contributed by atoms with E-state index in [1.54, 1.807) is 23.1 Å². The van der Waals surface area contributed by atoms with Crippen LogP contribution in [0.1, 0.15) is 34.0 Å². The Kier molecular flexibility index (Phi) is 4.59. The van der Waals surface area contributed by atoms with Crippen molar-refractivity contribution < 1.29 is 4.79 Å². The Hall–Kier alpha value is -1.27. The molecule has 1 aliphatic rings. The number of aromatic nitrogens is 2. The van der Waals surface area contributed by atoms with Crippen LogP contribution in [-0.2, 0) is 17.8 Å². The van der Waals surface area contributed by atoms with Crippen LogP contribution in [0.4, 0.5) is 0 Å². The molecule has 0 aromatic carbocycles. The maximum Gasteiger partial charge on any atom is 0.237 e. The number of rotatable bonds is 4. The van der Waals surface area contributed by atoms with E-state index in [0.29, 0.717) is 6.54 Å². The highest BCUT2D eigenvalue weighted by Gasteiger charge is 2.28. The summed E-state index contributed by atoms with van der Waals surface area (Å²) in [4.78, 5) is 14.0. The summed E-state index contributed by atoms with van der Waals surface area (Å²) in [6.07, 6.45) is 1.09. The van der Waals surface area contributed by atoms with E-state index < -0.39 is 0 Å². The average molecular weight is 335 g/mol. The maximum atomic E-state index is 12.6. The van der Waals surface area contributed by atoms with Crippen molar-refractivity contribution in [1.82, 2.24) is 15.1 Å².